The molecule has 0 saturated carbocycles. The molecule has 4 aromatic rings. The minimum atomic E-state index is 0.599. The third kappa shape index (κ3) is 1.97. The zero-order chi connectivity index (χ0) is 14.9. The van der Waals surface area contributed by atoms with Gasteiger partial charge in [0.1, 0.15) is 5.75 Å². The molecule has 0 aliphatic heterocycles. The first-order valence-corrected chi connectivity index (χ1v) is 7.09. The van der Waals surface area contributed by atoms with Crippen LogP contribution in [0.3, 0.4) is 0 Å². The minimum Gasteiger partial charge on any atom is -0.537 e. The maximum absolute atomic E-state index is 8.83. The molecule has 1 aromatic heterocycles. The molecule has 1 N–H and O–H groups in total. The molecular formula is C18H13BNO2. The minimum absolute atomic E-state index is 0.599. The van der Waals surface area contributed by atoms with E-state index in [4.69, 9.17) is 9.68 Å². The number of fused-ring (bicyclic) bond motifs is 3. The topological polar surface area (TPSA) is 34.4 Å². The van der Waals surface area contributed by atoms with Crippen LogP contribution in [0.4, 0.5) is 0 Å². The van der Waals surface area contributed by atoms with Crippen molar-refractivity contribution in [1.82, 2.24) is 4.57 Å². The highest BCUT2D eigenvalue weighted by Crippen LogP contribution is 2.32. The molecule has 3 nitrogen and oxygen atoms in total. The maximum atomic E-state index is 8.83. The van der Waals surface area contributed by atoms with Crippen LogP contribution < -0.4 is 4.65 Å². The van der Waals surface area contributed by atoms with E-state index in [9.17, 15) is 0 Å². The average molecular weight is 286 g/mol. The Balaban J connectivity index is 2.06. The van der Waals surface area contributed by atoms with E-state index in [1.807, 2.05) is 36.4 Å². The van der Waals surface area contributed by atoms with E-state index in [1.165, 1.54) is 10.8 Å². The second-order valence-corrected chi connectivity index (χ2v) is 5.09. The van der Waals surface area contributed by atoms with Crippen molar-refractivity contribution in [3.05, 3.63) is 72.8 Å². The van der Waals surface area contributed by atoms with Crippen LogP contribution in [0, 0.1) is 0 Å². The third-order valence-corrected chi connectivity index (χ3v) is 3.84. The quantitative estimate of drug-likeness (QED) is 0.583. The number of hydrogen-bond donors (Lipinski definition) is 1. The Morgan fingerprint density at radius 1 is 0.773 bits per heavy atom. The highest BCUT2D eigenvalue weighted by Gasteiger charge is 2.11. The van der Waals surface area contributed by atoms with Crippen LogP contribution in [0.15, 0.2) is 72.8 Å². The number of rotatable bonds is 3. The molecule has 4 rings (SSSR count). The summed E-state index contributed by atoms with van der Waals surface area (Å²) < 4.78 is 7.29. The lowest BCUT2D eigenvalue weighted by Crippen LogP contribution is -2.01. The largest absolute Gasteiger partial charge is 0.569 e. The molecular weight excluding hydrogens is 273 g/mol. The van der Waals surface area contributed by atoms with Crippen LogP contribution >= 0.6 is 0 Å². The average Bonchev–Trinajstić information content (AvgIpc) is 2.90. The number of nitrogens with zero attached hydrogens (tertiary/aromatic N) is 1. The standard InChI is InChI=1S/C18H13BNO2/c21-19-22-14-7-5-6-13(12-14)20-17-10-3-1-8-15(17)16-9-2-4-11-18(16)20/h1-12,21H. The van der Waals surface area contributed by atoms with E-state index in [0.717, 1.165) is 16.7 Å². The molecule has 0 saturated heterocycles. The molecule has 0 aliphatic carbocycles. The maximum Gasteiger partial charge on any atom is 0.569 e. The van der Waals surface area contributed by atoms with Gasteiger partial charge in [0.25, 0.3) is 0 Å². The normalized spacial score (nSPS) is 11.0. The van der Waals surface area contributed by atoms with Crippen molar-refractivity contribution in [3.8, 4) is 11.4 Å². The van der Waals surface area contributed by atoms with Gasteiger partial charge in [0.2, 0.25) is 0 Å². The molecule has 4 heteroatoms. The highest BCUT2D eigenvalue weighted by molar-refractivity contribution is 6.17. The Morgan fingerprint density at radius 3 is 2.05 bits per heavy atom. The number of para-hydroxylation sites is 2. The van der Waals surface area contributed by atoms with Crippen molar-refractivity contribution in [3.63, 3.8) is 0 Å². The van der Waals surface area contributed by atoms with Crippen LogP contribution in [0.1, 0.15) is 0 Å². The Bertz CT molecular complexity index is 908. The lowest BCUT2D eigenvalue weighted by molar-refractivity contribution is 0.454. The zero-order valence-corrected chi connectivity index (χ0v) is 11.8. The first kappa shape index (κ1) is 13.0. The SMILES string of the molecule is O[B]Oc1cccc(-n2c3ccccc3c3ccccc32)c1. The third-order valence-electron chi connectivity index (χ3n) is 3.84. The fraction of sp³-hybridized carbons (Fsp3) is 0. The molecule has 1 radical (unpaired) electrons. The zero-order valence-electron chi connectivity index (χ0n) is 11.8. The summed E-state index contributed by atoms with van der Waals surface area (Å²) >= 11 is 0. The van der Waals surface area contributed by atoms with Gasteiger partial charge in [0.15, 0.2) is 0 Å². The molecule has 0 fully saturated rings. The number of aromatic nitrogens is 1. The second-order valence-electron chi connectivity index (χ2n) is 5.09. The smallest absolute Gasteiger partial charge is 0.537 e. The lowest BCUT2D eigenvalue weighted by atomic mass is 10.2. The summed E-state index contributed by atoms with van der Waals surface area (Å²) in [6.07, 6.45) is 0. The van der Waals surface area contributed by atoms with Crippen molar-refractivity contribution >= 4 is 29.5 Å². The van der Waals surface area contributed by atoms with Crippen molar-refractivity contribution in [2.75, 3.05) is 0 Å². The predicted molar refractivity (Wildman–Crippen MR) is 89.4 cm³/mol. The van der Waals surface area contributed by atoms with Crippen LogP contribution in [0.2, 0.25) is 0 Å². The molecule has 1 heterocycles. The van der Waals surface area contributed by atoms with Gasteiger partial charge >= 0.3 is 7.69 Å². The van der Waals surface area contributed by atoms with Gasteiger partial charge in [-0.05, 0) is 24.3 Å². The summed E-state index contributed by atoms with van der Waals surface area (Å²) in [7, 11) is 0.699. The van der Waals surface area contributed by atoms with E-state index >= 15 is 0 Å². The van der Waals surface area contributed by atoms with E-state index in [0.29, 0.717) is 13.4 Å². The molecule has 0 bridgehead atoms. The van der Waals surface area contributed by atoms with Crippen molar-refractivity contribution in [2.24, 2.45) is 0 Å². The molecule has 3 aromatic carbocycles. The van der Waals surface area contributed by atoms with Crippen LogP contribution in [-0.4, -0.2) is 17.3 Å². The van der Waals surface area contributed by atoms with Gasteiger partial charge in [0, 0.05) is 22.5 Å². The Labute approximate surface area is 128 Å². The molecule has 0 aliphatic rings. The van der Waals surface area contributed by atoms with E-state index in [2.05, 4.69) is 41.0 Å². The molecule has 22 heavy (non-hydrogen) atoms. The summed E-state index contributed by atoms with van der Waals surface area (Å²) in [6, 6.07) is 24.3. The van der Waals surface area contributed by atoms with Gasteiger partial charge in [-0.15, -0.1) is 0 Å². The lowest BCUT2D eigenvalue weighted by Gasteiger charge is -2.09. The summed E-state index contributed by atoms with van der Waals surface area (Å²) in [5.74, 6) is 0.599. The molecule has 105 valence electrons. The fourth-order valence-corrected chi connectivity index (χ4v) is 2.96. The van der Waals surface area contributed by atoms with Gasteiger partial charge in [-0.3, -0.25) is 0 Å². The van der Waals surface area contributed by atoms with Crippen LogP contribution in [0.5, 0.6) is 5.75 Å². The van der Waals surface area contributed by atoms with E-state index < -0.39 is 0 Å². The first-order chi connectivity index (χ1) is 10.9. The van der Waals surface area contributed by atoms with Crippen LogP contribution in [0.25, 0.3) is 27.5 Å². The Morgan fingerprint density at radius 2 is 1.41 bits per heavy atom. The van der Waals surface area contributed by atoms with Crippen molar-refractivity contribution in [1.29, 1.82) is 0 Å². The molecule has 0 amide bonds. The Kier molecular flexibility index (Phi) is 3.09. The van der Waals surface area contributed by atoms with E-state index in [-0.39, 0.29) is 0 Å². The molecule has 0 unspecified atom stereocenters. The van der Waals surface area contributed by atoms with E-state index in [1.54, 1.807) is 0 Å². The van der Waals surface area contributed by atoms with Crippen molar-refractivity contribution in [2.45, 2.75) is 0 Å². The summed E-state index contributed by atoms with van der Waals surface area (Å²) in [4.78, 5) is 0. The predicted octanol–water partition coefficient (Wildman–Crippen LogP) is 3.69. The van der Waals surface area contributed by atoms with Crippen molar-refractivity contribution < 1.29 is 9.68 Å². The molecule has 0 spiro atoms. The molecule has 0 atom stereocenters. The highest BCUT2D eigenvalue weighted by atomic mass is 16.5. The van der Waals surface area contributed by atoms with Gasteiger partial charge in [0.05, 0.1) is 11.0 Å². The monoisotopic (exact) mass is 286 g/mol. The van der Waals surface area contributed by atoms with Gasteiger partial charge in [-0.2, -0.15) is 0 Å². The van der Waals surface area contributed by atoms with Crippen LogP contribution in [-0.2, 0) is 0 Å². The number of hydrogen-bond acceptors (Lipinski definition) is 2. The summed E-state index contributed by atoms with van der Waals surface area (Å²) in [6.45, 7) is 0. The summed E-state index contributed by atoms with van der Waals surface area (Å²) in [5.41, 5.74) is 3.29. The number of benzene rings is 3. The van der Waals surface area contributed by atoms with Gasteiger partial charge < -0.3 is 14.2 Å². The van der Waals surface area contributed by atoms with Gasteiger partial charge in [-0.25, -0.2) is 0 Å². The Hall–Kier alpha value is -2.72. The second kappa shape index (κ2) is 5.24. The fourth-order valence-electron chi connectivity index (χ4n) is 2.96. The first-order valence-electron chi connectivity index (χ1n) is 7.09. The summed E-state index contributed by atoms with van der Waals surface area (Å²) in [5, 5.41) is 11.3. The van der Waals surface area contributed by atoms with Gasteiger partial charge in [-0.1, -0.05) is 42.5 Å².